The summed E-state index contributed by atoms with van der Waals surface area (Å²) in [5.74, 6) is -0.168. The number of benzene rings is 1. The van der Waals surface area contributed by atoms with Gasteiger partial charge in [-0.2, -0.15) is 0 Å². The molecule has 1 saturated carbocycles. The number of hydrogen-bond acceptors (Lipinski definition) is 3. The van der Waals surface area contributed by atoms with Crippen LogP contribution in [0.3, 0.4) is 0 Å². The Labute approximate surface area is 113 Å². The van der Waals surface area contributed by atoms with Gasteiger partial charge in [0.05, 0.1) is 11.6 Å². The highest BCUT2D eigenvalue weighted by molar-refractivity contribution is 5.61. The molecule has 1 aliphatic heterocycles. The van der Waals surface area contributed by atoms with Crippen molar-refractivity contribution in [3.05, 3.63) is 29.6 Å². The maximum absolute atomic E-state index is 13.5. The molecule has 0 atom stereocenters. The molecule has 2 aliphatic rings. The first-order valence-corrected chi connectivity index (χ1v) is 7.06. The Morgan fingerprint density at radius 3 is 2.95 bits per heavy atom. The van der Waals surface area contributed by atoms with E-state index in [4.69, 9.17) is 10.5 Å². The number of ether oxygens (including phenoxy) is 1. The van der Waals surface area contributed by atoms with E-state index < -0.39 is 0 Å². The third-order valence-electron chi connectivity index (χ3n) is 4.51. The zero-order chi connectivity index (χ0) is 13.5. The maximum atomic E-state index is 13.5. The van der Waals surface area contributed by atoms with Gasteiger partial charge in [-0.25, -0.2) is 4.39 Å². The SMILES string of the molecule is CCOC1CC(CN)(N2CCc3ccc(F)cc32)C1. The van der Waals surface area contributed by atoms with Gasteiger partial charge in [0, 0.05) is 25.4 Å². The lowest BCUT2D eigenvalue weighted by Gasteiger charge is -2.53. The van der Waals surface area contributed by atoms with Crippen LogP contribution in [-0.4, -0.2) is 31.3 Å². The maximum Gasteiger partial charge on any atom is 0.125 e. The molecule has 2 N–H and O–H groups in total. The molecule has 0 spiro atoms. The van der Waals surface area contributed by atoms with Crippen LogP contribution in [0.5, 0.6) is 0 Å². The molecule has 1 fully saturated rings. The van der Waals surface area contributed by atoms with E-state index in [1.54, 1.807) is 12.1 Å². The number of rotatable bonds is 4. The smallest absolute Gasteiger partial charge is 0.125 e. The minimum atomic E-state index is -0.168. The summed E-state index contributed by atoms with van der Waals surface area (Å²) in [6.07, 6.45) is 3.20. The number of hydrogen-bond donors (Lipinski definition) is 1. The van der Waals surface area contributed by atoms with Crippen LogP contribution in [-0.2, 0) is 11.2 Å². The Bertz CT molecular complexity index is 471. The van der Waals surface area contributed by atoms with Crippen molar-refractivity contribution in [1.29, 1.82) is 0 Å². The highest BCUT2D eigenvalue weighted by Crippen LogP contribution is 2.45. The Kier molecular flexibility index (Phi) is 3.23. The van der Waals surface area contributed by atoms with Gasteiger partial charge >= 0.3 is 0 Å². The summed E-state index contributed by atoms with van der Waals surface area (Å²) >= 11 is 0. The van der Waals surface area contributed by atoms with Crippen molar-refractivity contribution in [2.45, 2.75) is 37.8 Å². The molecule has 0 unspecified atom stereocenters. The first kappa shape index (κ1) is 12.9. The Morgan fingerprint density at radius 2 is 2.26 bits per heavy atom. The molecule has 3 rings (SSSR count). The van der Waals surface area contributed by atoms with E-state index in [9.17, 15) is 4.39 Å². The van der Waals surface area contributed by atoms with Gasteiger partial charge < -0.3 is 15.4 Å². The van der Waals surface area contributed by atoms with Gasteiger partial charge in [-0.1, -0.05) is 6.07 Å². The first-order chi connectivity index (χ1) is 9.18. The molecule has 104 valence electrons. The molecule has 0 aromatic heterocycles. The lowest BCUT2D eigenvalue weighted by molar-refractivity contribution is -0.0364. The minimum absolute atomic E-state index is 0.0289. The average Bonchev–Trinajstić information content (AvgIpc) is 2.77. The lowest BCUT2D eigenvalue weighted by Crippen LogP contribution is -2.64. The van der Waals surface area contributed by atoms with E-state index >= 15 is 0 Å². The predicted octanol–water partition coefficient (Wildman–Crippen LogP) is 2.08. The summed E-state index contributed by atoms with van der Waals surface area (Å²) in [5, 5.41) is 0. The molecule has 4 heteroatoms. The van der Waals surface area contributed by atoms with Gasteiger partial charge in [0.2, 0.25) is 0 Å². The molecular formula is C15H21FN2O. The molecule has 19 heavy (non-hydrogen) atoms. The Hall–Kier alpha value is -1.13. The number of fused-ring (bicyclic) bond motifs is 1. The second-order valence-electron chi connectivity index (χ2n) is 5.59. The van der Waals surface area contributed by atoms with Gasteiger partial charge in [-0.3, -0.25) is 0 Å². The summed E-state index contributed by atoms with van der Waals surface area (Å²) in [6.45, 7) is 4.31. The van der Waals surface area contributed by atoms with E-state index in [-0.39, 0.29) is 11.4 Å². The van der Waals surface area contributed by atoms with Crippen LogP contribution < -0.4 is 10.6 Å². The summed E-state index contributed by atoms with van der Waals surface area (Å²) in [4.78, 5) is 2.31. The van der Waals surface area contributed by atoms with Crippen molar-refractivity contribution in [2.24, 2.45) is 5.73 Å². The van der Waals surface area contributed by atoms with Crippen molar-refractivity contribution in [3.8, 4) is 0 Å². The fraction of sp³-hybridized carbons (Fsp3) is 0.600. The quantitative estimate of drug-likeness (QED) is 0.905. The highest BCUT2D eigenvalue weighted by Gasteiger charge is 2.49. The molecule has 0 bridgehead atoms. The number of nitrogens with zero attached hydrogens (tertiary/aromatic N) is 1. The largest absolute Gasteiger partial charge is 0.378 e. The summed E-state index contributed by atoms with van der Waals surface area (Å²) in [5.41, 5.74) is 8.24. The number of halogens is 1. The van der Waals surface area contributed by atoms with Crippen molar-refractivity contribution in [3.63, 3.8) is 0 Å². The molecule has 1 aliphatic carbocycles. The zero-order valence-corrected chi connectivity index (χ0v) is 11.4. The fourth-order valence-corrected chi connectivity index (χ4v) is 3.48. The van der Waals surface area contributed by atoms with Gasteiger partial charge in [0.15, 0.2) is 0 Å². The van der Waals surface area contributed by atoms with E-state index in [1.807, 2.05) is 13.0 Å². The molecule has 3 nitrogen and oxygen atoms in total. The van der Waals surface area contributed by atoms with E-state index in [0.29, 0.717) is 12.6 Å². The van der Waals surface area contributed by atoms with E-state index in [2.05, 4.69) is 4.90 Å². The topological polar surface area (TPSA) is 38.5 Å². The molecule has 0 saturated heterocycles. The van der Waals surface area contributed by atoms with Gasteiger partial charge in [-0.15, -0.1) is 0 Å². The molecule has 0 radical (unpaired) electrons. The predicted molar refractivity (Wildman–Crippen MR) is 73.9 cm³/mol. The second kappa shape index (κ2) is 4.76. The summed E-state index contributed by atoms with van der Waals surface area (Å²) in [7, 11) is 0. The minimum Gasteiger partial charge on any atom is -0.378 e. The first-order valence-electron chi connectivity index (χ1n) is 7.06. The van der Waals surface area contributed by atoms with Gasteiger partial charge in [0.1, 0.15) is 5.82 Å². The third-order valence-corrected chi connectivity index (χ3v) is 4.51. The fourth-order valence-electron chi connectivity index (χ4n) is 3.48. The average molecular weight is 264 g/mol. The van der Waals surface area contributed by atoms with Crippen LogP contribution in [0.25, 0.3) is 0 Å². The van der Waals surface area contributed by atoms with Crippen LogP contribution in [0.4, 0.5) is 10.1 Å². The van der Waals surface area contributed by atoms with Gasteiger partial charge in [0.25, 0.3) is 0 Å². The monoisotopic (exact) mass is 264 g/mol. The van der Waals surface area contributed by atoms with Crippen LogP contribution in [0.15, 0.2) is 18.2 Å². The van der Waals surface area contributed by atoms with Crippen molar-refractivity contribution in [1.82, 2.24) is 0 Å². The molecule has 1 aromatic rings. The third kappa shape index (κ3) is 2.03. The number of anilines is 1. The Balaban J connectivity index is 1.82. The van der Waals surface area contributed by atoms with Crippen molar-refractivity contribution >= 4 is 5.69 Å². The zero-order valence-electron chi connectivity index (χ0n) is 11.4. The standard InChI is InChI=1S/C15H21FN2O/c1-2-19-13-8-15(9-13,10-17)18-6-5-11-3-4-12(16)7-14(11)18/h3-4,7,13H,2,5-6,8-10,17H2,1H3. The van der Waals surface area contributed by atoms with E-state index in [0.717, 1.165) is 38.1 Å². The molecular weight excluding hydrogens is 243 g/mol. The number of nitrogens with two attached hydrogens (primary N) is 1. The van der Waals surface area contributed by atoms with Crippen LogP contribution in [0.2, 0.25) is 0 Å². The Morgan fingerprint density at radius 1 is 1.47 bits per heavy atom. The van der Waals surface area contributed by atoms with Gasteiger partial charge in [-0.05, 0) is 43.9 Å². The molecule has 0 amide bonds. The molecule has 1 heterocycles. The molecule has 1 aromatic carbocycles. The van der Waals surface area contributed by atoms with Crippen molar-refractivity contribution in [2.75, 3.05) is 24.6 Å². The second-order valence-corrected chi connectivity index (χ2v) is 5.59. The summed E-state index contributed by atoms with van der Waals surface area (Å²) in [6, 6.07) is 5.09. The lowest BCUT2D eigenvalue weighted by atomic mass is 9.72. The van der Waals surface area contributed by atoms with Crippen LogP contribution in [0.1, 0.15) is 25.3 Å². The van der Waals surface area contributed by atoms with Crippen LogP contribution >= 0.6 is 0 Å². The highest BCUT2D eigenvalue weighted by atomic mass is 19.1. The normalized spacial score (nSPS) is 29.2. The van der Waals surface area contributed by atoms with Crippen LogP contribution in [0, 0.1) is 5.82 Å². The van der Waals surface area contributed by atoms with E-state index in [1.165, 1.54) is 5.56 Å². The summed E-state index contributed by atoms with van der Waals surface area (Å²) < 4.78 is 19.1. The van der Waals surface area contributed by atoms with Crippen molar-refractivity contribution < 1.29 is 9.13 Å².